The Morgan fingerprint density at radius 1 is 1.88 bits per heavy atom. The molecular formula is C4H6ClNO2. The van der Waals surface area contributed by atoms with E-state index in [2.05, 4.69) is 4.74 Å². The van der Waals surface area contributed by atoms with Gasteiger partial charge in [0.05, 0.1) is 12.5 Å². The van der Waals surface area contributed by atoms with Gasteiger partial charge in [0.1, 0.15) is 6.61 Å². The molecule has 0 saturated carbocycles. The quantitative estimate of drug-likeness (QED) is 0.390. The number of hydrogen-bond acceptors (Lipinski definition) is 2. The lowest BCUT2D eigenvalue weighted by Gasteiger charge is -2.04. The fourth-order valence-electron chi connectivity index (χ4n) is 0.534. The summed E-state index contributed by atoms with van der Waals surface area (Å²) in [5.74, 6) is 0. The van der Waals surface area contributed by atoms with Gasteiger partial charge in [0.25, 0.3) is 0 Å². The number of halogens is 1. The molecule has 1 aliphatic heterocycles. The van der Waals surface area contributed by atoms with Crippen LogP contribution in [-0.4, -0.2) is 30.1 Å². The summed E-state index contributed by atoms with van der Waals surface area (Å²) in [6, 6.07) is 0.235. The molecule has 0 unspecified atom stereocenters. The molecule has 3 nitrogen and oxygen atoms in total. The first-order chi connectivity index (χ1) is 3.84. The van der Waals surface area contributed by atoms with Crippen molar-refractivity contribution in [2.45, 2.75) is 0 Å². The van der Waals surface area contributed by atoms with Crippen LogP contribution in [-0.2, 0) is 4.74 Å². The molecule has 0 spiro atoms. The van der Waals surface area contributed by atoms with E-state index in [4.69, 9.17) is 11.6 Å². The zero-order chi connectivity index (χ0) is 5.98. The Kier molecular flexibility index (Phi) is 1.58. The van der Waals surface area contributed by atoms with Gasteiger partial charge in [-0.3, -0.25) is 4.90 Å². The third kappa shape index (κ3) is 0.865. The smallest absolute Gasteiger partial charge is 0.410 e. The maximum atomic E-state index is 10.4. The second-order valence-electron chi connectivity index (χ2n) is 1.50. The van der Waals surface area contributed by atoms with Crippen molar-refractivity contribution >= 4 is 17.7 Å². The molecule has 0 aromatic heterocycles. The van der Waals surface area contributed by atoms with Crippen molar-refractivity contribution < 1.29 is 9.53 Å². The van der Waals surface area contributed by atoms with Crippen LogP contribution in [0.15, 0.2) is 0 Å². The van der Waals surface area contributed by atoms with E-state index in [1.54, 1.807) is 0 Å². The molecule has 0 bridgehead atoms. The van der Waals surface area contributed by atoms with Gasteiger partial charge in [-0.1, -0.05) is 0 Å². The van der Waals surface area contributed by atoms with Gasteiger partial charge in [-0.25, -0.2) is 4.79 Å². The maximum absolute atomic E-state index is 10.4. The van der Waals surface area contributed by atoms with Gasteiger partial charge in [0.2, 0.25) is 0 Å². The molecule has 0 aromatic carbocycles. The fourth-order valence-corrected chi connectivity index (χ4v) is 0.751. The summed E-state index contributed by atoms with van der Waals surface area (Å²) in [7, 11) is 0. The zero-order valence-corrected chi connectivity index (χ0v) is 5.02. The second-order valence-corrected chi connectivity index (χ2v) is 1.74. The van der Waals surface area contributed by atoms with E-state index in [9.17, 15) is 4.79 Å². The first-order valence-corrected chi connectivity index (χ1v) is 2.85. The van der Waals surface area contributed by atoms with E-state index in [1.807, 2.05) is 0 Å². The van der Waals surface area contributed by atoms with Crippen LogP contribution in [0.4, 0.5) is 4.79 Å². The lowest BCUT2D eigenvalue weighted by Crippen LogP contribution is -2.21. The van der Waals surface area contributed by atoms with Crippen molar-refractivity contribution in [1.29, 1.82) is 0 Å². The highest BCUT2D eigenvalue weighted by molar-refractivity contribution is 6.18. The Bertz CT molecular complexity index is 106. The topological polar surface area (TPSA) is 29.5 Å². The maximum Gasteiger partial charge on any atom is 0.410 e. The number of hydrogen-bond donors (Lipinski definition) is 0. The van der Waals surface area contributed by atoms with Crippen LogP contribution in [0.3, 0.4) is 0 Å². The summed E-state index contributed by atoms with van der Waals surface area (Å²) in [5.41, 5.74) is 0. The molecular weight excluding hydrogens is 130 g/mol. The van der Waals surface area contributed by atoms with E-state index >= 15 is 0 Å². The number of carbonyl (C=O) groups excluding carboxylic acids is 1. The summed E-state index contributed by atoms with van der Waals surface area (Å²) in [4.78, 5) is 11.9. The molecule has 0 atom stereocenters. The Hall–Kier alpha value is -0.440. The van der Waals surface area contributed by atoms with Crippen LogP contribution in [0.2, 0.25) is 0 Å². The highest BCUT2D eigenvalue weighted by Crippen LogP contribution is 2.02. The van der Waals surface area contributed by atoms with Gasteiger partial charge in [-0.2, -0.15) is 0 Å². The molecule has 0 N–H and O–H groups in total. The number of carbonyl (C=O) groups is 1. The summed E-state index contributed by atoms with van der Waals surface area (Å²) in [6.07, 6.45) is -0.306. The van der Waals surface area contributed by atoms with Crippen molar-refractivity contribution in [3.8, 4) is 0 Å². The molecule has 1 saturated heterocycles. The molecule has 1 heterocycles. The highest BCUT2D eigenvalue weighted by Gasteiger charge is 2.19. The third-order valence-electron chi connectivity index (χ3n) is 0.989. The van der Waals surface area contributed by atoms with E-state index in [1.165, 1.54) is 4.90 Å². The molecule has 0 aliphatic carbocycles. The Labute approximate surface area is 52.2 Å². The van der Waals surface area contributed by atoms with E-state index in [0.29, 0.717) is 13.2 Å². The van der Waals surface area contributed by atoms with Crippen molar-refractivity contribution in [3.05, 3.63) is 0 Å². The lowest BCUT2D eigenvalue weighted by molar-refractivity contribution is 0.162. The fraction of sp³-hybridized carbons (Fsp3) is 0.750. The van der Waals surface area contributed by atoms with Gasteiger partial charge in [0.15, 0.2) is 0 Å². The Morgan fingerprint density at radius 2 is 2.62 bits per heavy atom. The molecule has 1 amide bonds. The van der Waals surface area contributed by atoms with Crippen LogP contribution in [0, 0.1) is 0 Å². The van der Waals surface area contributed by atoms with Crippen LogP contribution in [0.5, 0.6) is 0 Å². The number of nitrogens with zero attached hydrogens (tertiary/aromatic N) is 1. The largest absolute Gasteiger partial charge is 0.447 e. The third-order valence-corrected chi connectivity index (χ3v) is 1.28. The molecule has 4 heteroatoms. The minimum atomic E-state index is -0.306. The van der Waals surface area contributed by atoms with E-state index in [0.717, 1.165) is 0 Å². The van der Waals surface area contributed by atoms with Gasteiger partial charge >= 0.3 is 6.09 Å². The van der Waals surface area contributed by atoms with Crippen molar-refractivity contribution in [2.24, 2.45) is 0 Å². The van der Waals surface area contributed by atoms with Gasteiger partial charge < -0.3 is 4.74 Å². The standard InChI is InChI=1S/C4H6ClNO2/c5-3-6-1-2-8-4(6)7/h1-3H2. The summed E-state index contributed by atoms with van der Waals surface area (Å²) < 4.78 is 4.56. The number of rotatable bonds is 1. The minimum Gasteiger partial charge on any atom is -0.447 e. The van der Waals surface area contributed by atoms with Gasteiger partial charge in [0, 0.05) is 0 Å². The van der Waals surface area contributed by atoms with Crippen molar-refractivity contribution in [3.63, 3.8) is 0 Å². The average molecular weight is 136 g/mol. The van der Waals surface area contributed by atoms with Crippen LogP contribution in [0.25, 0.3) is 0 Å². The SMILES string of the molecule is O=C1OCCN1CCl. The first-order valence-electron chi connectivity index (χ1n) is 2.32. The van der Waals surface area contributed by atoms with Gasteiger partial charge in [-0.05, 0) is 0 Å². The number of amides is 1. The molecule has 8 heavy (non-hydrogen) atoms. The summed E-state index contributed by atoms with van der Waals surface area (Å²) >= 11 is 5.33. The summed E-state index contributed by atoms with van der Waals surface area (Å²) in [5, 5.41) is 0. The first kappa shape index (κ1) is 5.69. The normalized spacial score (nSPS) is 19.1. The Morgan fingerprint density at radius 3 is 2.88 bits per heavy atom. The van der Waals surface area contributed by atoms with E-state index < -0.39 is 0 Å². The molecule has 1 rings (SSSR count). The van der Waals surface area contributed by atoms with Gasteiger partial charge in [-0.15, -0.1) is 11.6 Å². The van der Waals surface area contributed by atoms with E-state index in [-0.39, 0.29) is 12.1 Å². The van der Waals surface area contributed by atoms with Crippen LogP contribution >= 0.6 is 11.6 Å². The number of ether oxygens (including phenoxy) is 1. The van der Waals surface area contributed by atoms with Crippen molar-refractivity contribution in [2.75, 3.05) is 19.2 Å². The number of alkyl halides is 1. The lowest BCUT2D eigenvalue weighted by atomic mass is 10.7. The second kappa shape index (κ2) is 2.22. The molecule has 1 aliphatic rings. The Balaban J connectivity index is 2.42. The summed E-state index contributed by atoms with van der Waals surface area (Å²) in [6.45, 7) is 1.11. The molecule has 1 fully saturated rings. The van der Waals surface area contributed by atoms with Crippen molar-refractivity contribution in [1.82, 2.24) is 4.90 Å². The minimum absolute atomic E-state index is 0.235. The average Bonchev–Trinajstić information content (AvgIpc) is 2.14. The predicted octanol–water partition coefficient (Wildman–Crippen LogP) is 0.635. The van der Waals surface area contributed by atoms with Crippen LogP contribution in [0.1, 0.15) is 0 Å². The van der Waals surface area contributed by atoms with Crippen LogP contribution < -0.4 is 0 Å². The predicted molar refractivity (Wildman–Crippen MR) is 28.8 cm³/mol. The zero-order valence-electron chi connectivity index (χ0n) is 4.26. The molecule has 0 aromatic rings. The monoisotopic (exact) mass is 135 g/mol. The number of cyclic esters (lactones) is 1. The molecule has 46 valence electrons. The highest BCUT2D eigenvalue weighted by atomic mass is 35.5. The molecule has 0 radical (unpaired) electrons.